The minimum Gasteiger partial charge on any atom is -0.497 e. The first-order chi connectivity index (χ1) is 11.6. The Bertz CT molecular complexity index is 711. The van der Waals surface area contributed by atoms with E-state index in [2.05, 4.69) is 24.3 Å². The number of methoxy groups -OCH3 is 1. The molecule has 1 aliphatic rings. The van der Waals surface area contributed by atoms with Crippen LogP contribution in [0.5, 0.6) is 5.75 Å². The number of aromatic nitrogens is 1. The van der Waals surface area contributed by atoms with Crippen LogP contribution >= 0.6 is 0 Å². The number of benzene rings is 1. The standard InChI is InChI=1S/C18H23N3O3/c1-12(2)15-11-17(24-20-15)16-8-5-9-21(16)18(22)19-13-6-4-7-14(10-13)23-3/h4,6-7,10-12,16H,5,8-9H2,1-3H3,(H,19,22)/t16-/m1/s1. The molecule has 1 aliphatic heterocycles. The van der Waals surface area contributed by atoms with Gasteiger partial charge in [0.2, 0.25) is 0 Å². The molecular formula is C18H23N3O3. The van der Waals surface area contributed by atoms with Crippen molar-refractivity contribution in [3.05, 3.63) is 41.8 Å². The van der Waals surface area contributed by atoms with Crippen molar-refractivity contribution in [3.63, 3.8) is 0 Å². The van der Waals surface area contributed by atoms with Gasteiger partial charge in [0, 0.05) is 24.4 Å². The Hall–Kier alpha value is -2.50. The minimum atomic E-state index is -0.131. The SMILES string of the molecule is COc1cccc(NC(=O)N2CCC[C@@H]2c2cc(C(C)C)no2)c1. The van der Waals surface area contributed by atoms with Gasteiger partial charge in [0.15, 0.2) is 5.76 Å². The highest BCUT2D eigenvalue weighted by atomic mass is 16.5. The molecule has 3 rings (SSSR count). The molecule has 1 fully saturated rings. The lowest BCUT2D eigenvalue weighted by molar-refractivity contribution is 0.195. The van der Waals surface area contributed by atoms with Crippen LogP contribution in [-0.2, 0) is 0 Å². The third-order valence-electron chi connectivity index (χ3n) is 4.30. The topological polar surface area (TPSA) is 67.6 Å². The van der Waals surface area contributed by atoms with Crippen molar-refractivity contribution in [2.45, 2.75) is 38.6 Å². The Morgan fingerprint density at radius 1 is 1.42 bits per heavy atom. The van der Waals surface area contributed by atoms with E-state index in [4.69, 9.17) is 9.26 Å². The molecule has 0 saturated carbocycles. The molecule has 0 unspecified atom stereocenters. The maximum absolute atomic E-state index is 12.7. The number of hydrogen-bond donors (Lipinski definition) is 1. The van der Waals surface area contributed by atoms with Gasteiger partial charge >= 0.3 is 6.03 Å². The second kappa shape index (κ2) is 6.95. The first-order valence-electron chi connectivity index (χ1n) is 8.26. The van der Waals surface area contributed by atoms with E-state index in [0.29, 0.717) is 23.9 Å². The summed E-state index contributed by atoms with van der Waals surface area (Å²) in [5.41, 5.74) is 1.63. The van der Waals surface area contributed by atoms with Crippen LogP contribution < -0.4 is 10.1 Å². The van der Waals surface area contributed by atoms with Gasteiger partial charge in [0.05, 0.1) is 18.8 Å². The van der Waals surface area contributed by atoms with Crippen LogP contribution in [0.25, 0.3) is 0 Å². The van der Waals surface area contributed by atoms with E-state index in [-0.39, 0.29) is 12.1 Å². The predicted molar refractivity (Wildman–Crippen MR) is 91.3 cm³/mol. The lowest BCUT2D eigenvalue weighted by Crippen LogP contribution is -2.34. The summed E-state index contributed by atoms with van der Waals surface area (Å²) in [4.78, 5) is 14.5. The molecule has 1 saturated heterocycles. The smallest absolute Gasteiger partial charge is 0.322 e. The highest BCUT2D eigenvalue weighted by Crippen LogP contribution is 2.33. The monoisotopic (exact) mass is 329 g/mol. The zero-order valence-corrected chi connectivity index (χ0v) is 14.3. The molecule has 2 amide bonds. The number of urea groups is 1. The Kier molecular flexibility index (Phi) is 4.74. The van der Waals surface area contributed by atoms with Gasteiger partial charge in [-0.2, -0.15) is 0 Å². The molecule has 0 bridgehead atoms. The molecule has 6 heteroatoms. The first kappa shape index (κ1) is 16.4. The first-order valence-corrected chi connectivity index (χ1v) is 8.26. The third-order valence-corrected chi connectivity index (χ3v) is 4.30. The van der Waals surface area contributed by atoms with Gasteiger partial charge in [-0.3, -0.25) is 0 Å². The van der Waals surface area contributed by atoms with Crippen molar-refractivity contribution in [3.8, 4) is 5.75 Å². The molecule has 1 aromatic carbocycles. The molecular weight excluding hydrogens is 306 g/mol. The molecule has 0 spiro atoms. The summed E-state index contributed by atoms with van der Waals surface area (Å²) in [5, 5.41) is 7.04. The van der Waals surface area contributed by atoms with Crippen molar-refractivity contribution in [1.82, 2.24) is 10.1 Å². The highest BCUT2D eigenvalue weighted by Gasteiger charge is 2.33. The van der Waals surface area contributed by atoms with Gasteiger partial charge in [-0.05, 0) is 30.9 Å². The van der Waals surface area contributed by atoms with E-state index in [1.165, 1.54) is 0 Å². The van der Waals surface area contributed by atoms with E-state index in [1.807, 2.05) is 29.2 Å². The van der Waals surface area contributed by atoms with E-state index in [0.717, 1.165) is 24.3 Å². The molecule has 24 heavy (non-hydrogen) atoms. The van der Waals surface area contributed by atoms with E-state index in [1.54, 1.807) is 13.2 Å². The van der Waals surface area contributed by atoms with Crippen LogP contribution in [0.2, 0.25) is 0 Å². The molecule has 0 aliphatic carbocycles. The molecule has 128 valence electrons. The van der Waals surface area contributed by atoms with Gasteiger partial charge in [0.25, 0.3) is 0 Å². The molecule has 1 N–H and O–H groups in total. The Balaban J connectivity index is 1.73. The molecule has 2 heterocycles. The number of rotatable bonds is 4. The fourth-order valence-electron chi connectivity index (χ4n) is 2.93. The van der Waals surface area contributed by atoms with Gasteiger partial charge < -0.3 is 19.5 Å². The van der Waals surface area contributed by atoms with Crippen LogP contribution in [0, 0.1) is 0 Å². The molecule has 1 atom stereocenters. The van der Waals surface area contributed by atoms with Crippen molar-refractivity contribution in [2.24, 2.45) is 0 Å². The Labute approximate surface area is 141 Å². The Morgan fingerprint density at radius 2 is 2.25 bits per heavy atom. The summed E-state index contributed by atoms with van der Waals surface area (Å²) >= 11 is 0. The van der Waals surface area contributed by atoms with Gasteiger partial charge in [-0.25, -0.2) is 4.79 Å². The number of carbonyl (C=O) groups excluding carboxylic acids is 1. The minimum absolute atomic E-state index is 0.0596. The molecule has 1 aromatic heterocycles. The number of nitrogens with one attached hydrogen (secondary N) is 1. The summed E-state index contributed by atoms with van der Waals surface area (Å²) in [6, 6.07) is 9.11. The van der Waals surface area contributed by atoms with Crippen molar-refractivity contribution in [1.29, 1.82) is 0 Å². The van der Waals surface area contributed by atoms with Gasteiger partial charge in [-0.15, -0.1) is 0 Å². The Morgan fingerprint density at radius 3 is 2.96 bits per heavy atom. The number of nitrogens with zero attached hydrogens (tertiary/aromatic N) is 2. The second-order valence-corrected chi connectivity index (χ2v) is 6.32. The maximum atomic E-state index is 12.7. The van der Waals surface area contributed by atoms with Crippen LogP contribution in [-0.4, -0.2) is 29.7 Å². The second-order valence-electron chi connectivity index (χ2n) is 6.32. The lowest BCUT2D eigenvalue weighted by Gasteiger charge is -2.23. The lowest BCUT2D eigenvalue weighted by atomic mass is 10.1. The van der Waals surface area contributed by atoms with Crippen molar-refractivity contribution < 1.29 is 14.1 Å². The molecule has 0 radical (unpaired) electrons. The van der Waals surface area contributed by atoms with Crippen LogP contribution in [0.15, 0.2) is 34.9 Å². The summed E-state index contributed by atoms with van der Waals surface area (Å²) in [6.45, 7) is 4.85. The quantitative estimate of drug-likeness (QED) is 0.914. The number of anilines is 1. The fraction of sp³-hybridized carbons (Fsp3) is 0.444. The summed E-state index contributed by atoms with van der Waals surface area (Å²) in [6.07, 6.45) is 1.84. The van der Waals surface area contributed by atoms with Crippen molar-refractivity contribution >= 4 is 11.7 Å². The molecule has 2 aromatic rings. The maximum Gasteiger partial charge on any atom is 0.322 e. The number of amides is 2. The van der Waals surface area contributed by atoms with Crippen LogP contribution in [0.1, 0.15) is 50.1 Å². The van der Waals surface area contributed by atoms with Crippen LogP contribution in [0.4, 0.5) is 10.5 Å². The average molecular weight is 329 g/mol. The van der Waals surface area contributed by atoms with E-state index < -0.39 is 0 Å². The number of likely N-dealkylation sites (tertiary alicyclic amines) is 1. The average Bonchev–Trinajstić information content (AvgIpc) is 3.23. The zero-order valence-electron chi connectivity index (χ0n) is 14.3. The highest BCUT2D eigenvalue weighted by molar-refractivity contribution is 5.90. The normalized spacial score (nSPS) is 17.3. The van der Waals surface area contributed by atoms with Crippen molar-refractivity contribution in [2.75, 3.05) is 19.0 Å². The predicted octanol–water partition coefficient (Wildman–Crippen LogP) is 4.18. The fourth-order valence-corrected chi connectivity index (χ4v) is 2.93. The molecule has 6 nitrogen and oxygen atoms in total. The zero-order chi connectivity index (χ0) is 17.1. The van der Waals surface area contributed by atoms with Crippen LogP contribution in [0.3, 0.4) is 0 Å². The number of hydrogen-bond acceptors (Lipinski definition) is 4. The summed E-state index contributed by atoms with van der Waals surface area (Å²) < 4.78 is 10.7. The number of ether oxygens (including phenoxy) is 1. The van der Waals surface area contributed by atoms with E-state index in [9.17, 15) is 4.79 Å². The number of carbonyl (C=O) groups is 1. The van der Waals surface area contributed by atoms with Gasteiger partial charge in [0.1, 0.15) is 5.75 Å². The van der Waals surface area contributed by atoms with Gasteiger partial charge in [-0.1, -0.05) is 25.1 Å². The van der Waals surface area contributed by atoms with E-state index >= 15 is 0 Å². The summed E-state index contributed by atoms with van der Waals surface area (Å²) in [5.74, 6) is 1.78. The third kappa shape index (κ3) is 3.37. The largest absolute Gasteiger partial charge is 0.497 e. The summed E-state index contributed by atoms with van der Waals surface area (Å²) in [7, 11) is 1.60.